The van der Waals surface area contributed by atoms with E-state index in [0.29, 0.717) is 39.5 Å². The number of ether oxygens (including phenoxy) is 4. The number of carbonyl (C=O) groups is 1. The third-order valence-corrected chi connectivity index (χ3v) is 2.86. The summed E-state index contributed by atoms with van der Waals surface area (Å²) in [5, 5.41) is 11.6. The number of carboxylic acid groups (broad SMARTS) is 1. The van der Waals surface area contributed by atoms with Crippen LogP contribution in [0.1, 0.15) is 20.3 Å². The molecule has 4 N–H and O–H groups in total. The Balaban J connectivity index is 3.41. The summed E-state index contributed by atoms with van der Waals surface area (Å²) < 4.78 is 21.3. The normalized spacial score (nSPS) is 11.6. The molecule has 8 heteroatoms. The maximum atomic E-state index is 10.2. The van der Waals surface area contributed by atoms with Crippen molar-refractivity contribution >= 4 is 5.97 Å². The van der Waals surface area contributed by atoms with E-state index in [4.69, 9.17) is 29.8 Å². The maximum absolute atomic E-state index is 10.2. The molecule has 0 aliphatic carbocycles. The first-order chi connectivity index (χ1) is 11.4. The fourth-order valence-electron chi connectivity index (χ4n) is 1.67. The van der Waals surface area contributed by atoms with Crippen molar-refractivity contribution in [3.63, 3.8) is 0 Å². The van der Waals surface area contributed by atoms with Crippen LogP contribution >= 0.6 is 0 Å². The van der Waals surface area contributed by atoms with Gasteiger partial charge in [-0.1, -0.05) is 12.2 Å². The van der Waals surface area contributed by atoms with Gasteiger partial charge in [-0.3, -0.25) is 0 Å². The number of nitrogens with one attached hydrogen (secondary N) is 1. The fourth-order valence-corrected chi connectivity index (χ4v) is 1.67. The Bertz CT molecular complexity index is 349. The van der Waals surface area contributed by atoms with Gasteiger partial charge in [-0.15, -0.1) is 0 Å². The minimum atomic E-state index is -0.983. The van der Waals surface area contributed by atoms with Crippen molar-refractivity contribution in [2.24, 2.45) is 5.73 Å². The first-order valence-corrected chi connectivity index (χ1v) is 8.10. The molecule has 0 aliphatic heterocycles. The molecular formula is C16H32N2O6. The van der Waals surface area contributed by atoms with E-state index >= 15 is 0 Å². The van der Waals surface area contributed by atoms with Crippen molar-refractivity contribution in [3.05, 3.63) is 12.2 Å². The smallest absolute Gasteiger partial charge is 0.329 e. The zero-order valence-corrected chi connectivity index (χ0v) is 14.8. The molecule has 0 bridgehead atoms. The number of aliphatic carboxylic acids is 1. The highest BCUT2D eigenvalue weighted by molar-refractivity contribution is 5.67. The third kappa shape index (κ3) is 15.9. The Morgan fingerprint density at radius 3 is 2.33 bits per heavy atom. The van der Waals surface area contributed by atoms with E-state index in [0.717, 1.165) is 18.5 Å². The summed E-state index contributed by atoms with van der Waals surface area (Å²) in [4.78, 5) is 10.2. The first-order valence-electron chi connectivity index (χ1n) is 8.10. The topological polar surface area (TPSA) is 112 Å². The Labute approximate surface area is 144 Å². The van der Waals surface area contributed by atoms with Crippen LogP contribution in [-0.4, -0.2) is 76.1 Å². The van der Waals surface area contributed by atoms with Crippen molar-refractivity contribution in [1.82, 2.24) is 5.32 Å². The number of rotatable bonds is 17. The molecule has 0 aromatic carbocycles. The van der Waals surface area contributed by atoms with Crippen LogP contribution in [-0.2, 0) is 23.7 Å². The fraction of sp³-hybridized carbons (Fsp3) is 0.812. The quantitative estimate of drug-likeness (QED) is 0.196. The van der Waals surface area contributed by atoms with E-state index in [1.54, 1.807) is 0 Å². The van der Waals surface area contributed by atoms with E-state index < -0.39 is 11.8 Å². The second kappa shape index (κ2) is 14.3. The molecular weight excluding hydrogens is 316 g/mol. The maximum Gasteiger partial charge on any atom is 0.329 e. The molecule has 24 heavy (non-hydrogen) atoms. The summed E-state index contributed by atoms with van der Waals surface area (Å²) >= 11 is 0. The van der Waals surface area contributed by atoms with Crippen LogP contribution in [0.2, 0.25) is 0 Å². The van der Waals surface area contributed by atoms with E-state index in [1.165, 1.54) is 0 Å². The van der Waals surface area contributed by atoms with Gasteiger partial charge < -0.3 is 35.1 Å². The van der Waals surface area contributed by atoms with Gasteiger partial charge in [-0.2, -0.15) is 0 Å². The monoisotopic (exact) mass is 348 g/mol. The summed E-state index contributed by atoms with van der Waals surface area (Å²) in [6.07, 6.45) is 0.795. The molecule has 142 valence electrons. The lowest BCUT2D eigenvalue weighted by Gasteiger charge is -2.25. The molecule has 0 saturated heterocycles. The van der Waals surface area contributed by atoms with Crippen LogP contribution in [0.5, 0.6) is 0 Å². The largest absolute Gasteiger partial charge is 0.480 e. The van der Waals surface area contributed by atoms with Gasteiger partial charge >= 0.3 is 5.97 Å². The lowest BCUT2D eigenvalue weighted by Crippen LogP contribution is -2.33. The SMILES string of the molecule is C=C(CCNCCOC(C)(C)OCCN)COCCOCC(=O)O. The van der Waals surface area contributed by atoms with Crippen molar-refractivity contribution in [2.45, 2.75) is 26.1 Å². The first kappa shape index (κ1) is 23.0. The standard InChI is InChI=1S/C16H32N2O6/c1-14(12-21-10-11-22-13-15(19)20)4-6-18-7-9-24-16(2,3)23-8-5-17/h18H,1,4-13,17H2,2-3H3,(H,19,20). The minimum absolute atomic E-state index is 0.261. The van der Waals surface area contributed by atoms with Crippen LogP contribution in [0.25, 0.3) is 0 Å². The van der Waals surface area contributed by atoms with Gasteiger partial charge in [-0.05, 0) is 26.8 Å². The lowest BCUT2D eigenvalue weighted by atomic mass is 10.2. The number of nitrogens with two attached hydrogens (primary N) is 1. The highest BCUT2D eigenvalue weighted by Crippen LogP contribution is 2.09. The second-order valence-corrected chi connectivity index (χ2v) is 5.63. The van der Waals surface area contributed by atoms with Gasteiger partial charge in [0.25, 0.3) is 0 Å². The molecule has 0 aromatic heterocycles. The summed E-state index contributed by atoms with van der Waals surface area (Å²) in [7, 11) is 0. The van der Waals surface area contributed by atoms with Crippen molar-refractivity contribution < 1.29 is 28.8 Å². The predicted octanol–water partition coefficient (Wildman–Crippen LogP) is 0.368. The molecule has 8 nitrogen and oxygen atoms in total. The Hall–Kier alpha value is -1.03. The van der Waals surface area contributed by atoms with E-state index in [-0.39, 0.29) is 13.2 Å². The summed E-state index contributed by atoms with van der Waals surface area (Å²) in [6, 6.07) is 0. The van der Waals surface area contributed by atoms with Gasteiger partial charge in [0.15, 0.2) is 5.79 Å². The van der Waals surface area contributed by atoms with E-state index in [2.05, 4.69) is 11.9 Å². The van der Waals surface area contributed by atoms with Crippen molar-refractivity contribution in [2.75, 3.05) is 59.3 Å². The zero-order valence-electron chi connectivity index (χ0n) is 14.8. The molecule has 0 unspecified atom stereocenters. The van der Waals surface area contributed by atoms with Crippen LogP contribution in [0.3, 0.4) is 0 Å². The average Bonchev–Trinajstić information content (AvgIpc) is 2.51. The molecule has 0 fully saturated rings. The minimum Gasteiger partial charge on any atom is -0.480 e. The molecule has 0 radical (unpaired) electrons. The molecule has 0 amide bonds. The third-order valence-electron chi connectivity index (χ3n) is 2.86. The molecule has 0 spiro atoms. The Morgan fingerprint density at radius 1 is 1.08 bits per heavy atom. The van der Waals surface area contributed by atoms with Crippen LogP contribution in [0.4, 0.5) is 0 Å². The highest BCUT2D eigenvalue weighted by atomic mass is 16.7. The Morgan fingerprint density at radius 2 is 1.71 bits per heavy atom. The number of hydrogen-bond acceptors (Lipinski definition) is 7. The van der Waals surface area contributed by atoms with Crippen LogP contribution < -0.4 is 11.1 Å². The van der Waals surface area contributed by atoms with Gasteiger partial charge in [0.05, 0.1) is 33.0 Å². The molecule has 0 saturated carbocycles. The average molecular weight is 348 g/mol. The predicted molar refractivity (Wildman–Crippen MR) is 90.9 cm³/mol. The molecule has 0 aromatic rings. The highest BCUT2D eigenvalue weighted by Gasteiger charge is 2.17. The molecule has 0 atom stereocenters. The van der Waals surface area contributed by atoms with Crippen LogP contribution in [0.15, 0.2) is 12.2 Å². The van der Waals surface area contributed by atoms with E-state index in [9.17, 15) is 4.79 Å². The van der Waals surface area contributed by atoms with Crippen LogP contribution in [0, 0.1) is 0 Å². The number of hydrogen-bond donors (Lipinski definition) is 3. The van der Waals surface area contributed by atoms with Gasteiger partial charge in [0, 0.05) is 13.1 Å². The summed E-state index contributed by atoms with van der Waals surface area (Å²) in [6.45, 7) is 11.4. The molecule has 0 heterocycles. The van der Waals surface area contributed by atoms with Crippen molar-refractivity contribution in [3.8, 4) is 0 Å². The van der Waals surface area contributed by atoms with Crippen molar-refractivity contribution in [1.29, 1.82) is 0 Å². The molecule has 0 rings (SSSR count). The Kier molecular flexibility index (Phi) is 13.7. The van der Waals surface area contributed by atoms with Gasteiger partial charge in [0.2, 0.25) is 0 Å². The van der Waals surface area contributed by atoms with Gasteiger partial charge in [-0.25, -0.2) is 4.79 Å². The lowest BCUT2D eigenvalue weighted by molar-refractivity contribution is -0.210. The zero-order chi connectivity index (χ0) is 18.3. The molecule has 0 aliphatic rings. The second-order valence-electron chi connectivity index (χ2n) is 5.63. The summed E-state index contributed by atoms with van der Waals surface area (Å²) in [5.74, 6) is -1.61. The number of carboxylic acids is 1. The summed E-state index contributed by atoms with van der Waals surface area (Å²) in [5.41, 5.74) is 6.35. The van der Waals surface area contributed by atoms with Gasteiger partial charge in [0.1, 0.15) is 6.61 Å². The van der Waals surface area contributed by atoms with E-state index in [1.807, 2.05) is 13.8 Å².